The molecular formula is C17H27BrIN5. The average Bonchev–Trinajstić information content (AvgIpc) is 2.58. The van der Waals surface area contributed by atoms with E-state index in [1.54, 1.807) is 0 Å². The van der Waals surface area contributed by atoms with Crippen LogP contribution in [0.2, 0.25) is 0 Å². The number of rotatable bonds is 4. The molecule has 0 saturated carbocycles. The zero-order chi connectivity index (χ0) is 16.2. The molecule has 3 aliphatic rings. The predicted molar refractivity (Wildman–Crippen MR) is 114 cm³/mol. The first-order valence-electron chi connectivity index (χ1n) is 8.28. The third kappa shape index (κ3) is 5.06. The minimum Gasteiger partial charge on any atom is -0.355 e. The number of nitrogens with zero attached hydrogens (tertiary/aromatic N) is 4. The van der Waals surface area contributed by atoms with E-state index < -0.39 is 0 Å². The van der Waals surface area contributed by atoms with Crippen LogP contribution in [0.15, 0.2) is 33.7 Å². The molecule has 1 N–H and O–H groups in total. The van der Waals surface area contributed by atoms with Crippen molar-refractivity contribution >= 4 is 45.9 Å². The summed E-state index contributed by atoms with van der Waals surface area (Å²) in [7, 11) is 3.95. The van der Waals surface area contributed by atoms with Gasteiger partial charge in [-0.2, -0.15) is 0 Å². The molecule has 24 heavy (non-hydrogen) atoms. The topological polar surface area (TPSA) is 34.1 Å². The van der Waals surface area contributed by atoms with Crippen LogP contribution in [0.4, 0.5) is 0 Å². The molecule has 1 atom stereocenters. The number of fused-ring (bicyclic) bond motifs is 3. The van der Waals surface area contributed by atoms with Crippen molar-refractivity contribution in [3.05, 3.63) is 34.3 Å². The van der Waals surface area contributed by atoms with Crippen LogP contribution < -0.4 is 5.32 Å². The third-order valence-corrected chi connectivity index (χ3v) is 5.32. The molecule has 3 aliphatic heterocycles. The summed E-state index contributed by atoms with van der Waals surface area (Å²) in [4.78, 5) is 11.8. The molecule has 5 nitrogen and oxygen atoms in total. The Labute approximate surface area is 170 Å². The Hall–Kier alpha value is -0.380. The van der Waals surface area contributed by atoms with Crippen LogP contribution in [0.1, 0.15) is 5.56 Å². The largest absolute Gasteiger partial charge is 0.355 e. The van der Waals surface area contributed by atoms with Crippen molar-refractivity contribution < 1.29 is 0 Å². The van der Waals surface area contributed by atoms with E-state index in [-0.39, 0.29) is 24.0 Å². The van der Waals surface area contributed by atoms with Crippen LogP contribution in [0.5, 0.6) is 0 Å². The Morgan fingerprint density at radius 1 is 1.25 bits per heavy atom. The molecule has 3 fully saturated rings. The maximum absolute atomic E-state index is 4.44. The Morgan fingerprint density at radius 3 is 2.46 bits per heavy atom. The van der Waals surface area contributed by atoms with Crippen molar-refractivity contribution in [2.45, 2.75) is 12.6 Å². The summed E-state index contributed by atoms with van der Waals surface area (Å²) in [5.74, 6) is 0.963. The lowest BCUT2D eigenvalue weighted by atomic mass is 10.1. The second-order valence-corrected chi connectivity index (χ2v) is 7.32. The Bertz CT molecular complexity index is 542. The van der Waals surface area contributed by atoms with Gasteiger partial charge in [0.1, 0.15) is 0 Å². The van der Waals surface area contributed by atoms with Crippen LogP contribution in [0.25, 0.3) is 0 Å². The summed E-state index contributed by atoms with van der Waals surface area (Å²) in [6, 6.07) is 9.06. The van der Waals surface area contributed by atoms with Gasteiger partial charge in [0, 0.05) is 70.4 Å². The lowest BCUT2D eigenvalue weighted by Gasteiger charge is -2.47. The monoisotopic (exact) mass is 507 g/mol. The second kappa shape index (κ2) is 9.35. The quantitative estimate of drug-likeness (QED) is 0.384. The van der Waals surface area contributed by atoms with Gasteiger partial charge in [-0.3, -0.25) is 14.8 Å². The van der Waals surface area contributed by atoms with E-state index in [2.05, 4.69) is 72.3 Å². The highest BCUT2D eigenvalue weighted by Crippen LogP contribution is 2.15. The minimum absolute atomic E-state index is 0. The number of nitrogens with one attached hydrogen (secondary N) is 1. The fraction of sp³-hybridized carbons (Fsp3) is 0.588. The van der Waals surface area contributed by atoms with Crippen LogP contribution in [0, 0.1) is 0 Å². The first kappa shape index (κ1) is 19.9. The molecule has 4 rings (SSSR count). The first-order chi connectivity index (χ1) is 11.2. The molecule has 134 valence electrons. The average molecular weight is 508 g/mol. The minimum atomic E-state index is 0. The highest BCUT2D eigenvalue weighted by molar-refractivity contribution is 14.0. The van der Waals surface area contributed by atoms with Gasteiger partial charge < -0.3 is 10.2 Å². The Kier molecular flexibility index (Phi) is 7.77. The zero-order valence-electron chi connectivity index (χ0n) is 14.4. The second-order valence-electron chi connectivity index (χ2n) is 6.40. The van der Waals surface area contributed by atoms with Gasteiger partial charge >= 0.3 is 0 Å². The molecule has 0 amide bonds. The maximum atomic E-state index is 4.44. The summed E-state index contributed by atoms with van der Waals surface area (Å²) in [5.41, 5.74) is 1.28. The standard InChI is InChI=1S/C17H26BrN5.HI/c1-19-17(21(2)12-14-3-5-15(18)6-4-14)20-11-16-13-22-7-9-23(16)10-8-22;/h3-6,16H,7-13H2,1-2H3,(H,19,20);1H. The van der Waals surface area contributed by atoms with Gasteiger partial charge in [0.2, 0.25) is 0 Å². The van der Waals surface area contributed by atoms with Crippen molar-refractivity contribution in [1.29, 1.82) is 0 Å². The molecular weight excluding hydrogens is 481 g/mol. The molecule has 3 saturated heterocycles. The molecule has 0 aliphatic carbocycles. The number of hydrogen-bond acceptors (Lipinski definition) is 3. The smallest absolute Gasteiger partial charge is 0.193 e. The third-order valence-electron chi connectivity index (χ3n) is 4.79. The molecule has 1 aromatic carbocycles. The molecule has 7 heteroatoms. The van der Waals surface area contributed by atoms with Gasteiger partial charge in [-0.15, -0.1) is 24.0 Å². The van der Waals surface area contributed by atoms with E-state index in [1.807, 2.05) is 7.05 Å². The summed E-state index contributed by atoms with van der Waals surface area (Å²) in [6.45, 7) is 7.88. The van der Waals surface area contributed by atoms with Crippen molar-refractivity contribution in [3.8, 4) is 0 Å². The van der Waals surface area contributed by atoms with Crippen LogP contribution in [-0.4, -0.2) is 80.1 Å². The summed E-state index contributed by atoms with van der Waals surface area (Å²) in [6.07, 6.45) is 0. The fourth-order valence-corrected chi connectivity index (χ4v) is 3.71. The molecule has 0 spiro atoms. The van der Waals surface area contributed by atoms with Crippen molar-refractivity contribution in [1.82, 2.24) is 20.0 Å². The Morgan fingerprint density at radius 2 is 1.92 bits per heavy atom. The summed E-state index contributed by atoms with van der Waals surface area (Å²) >= 11 is 3.48. The maximum Gasteiger partial charge on any atom is 0.193 e. The van der Waals surface area contributed by atoms with E-state index in [0.717, 1.165) is 23.5 Å². The molecule has 1 aromatic rings. The molecule has 1 unspecified atom stereocenters. The highest BCUT2D eigenvalue weighted by atomic mass is 127. The van der Waals surface area contributed by atoms with Gasteiger partial charge in [0.15, 0.2) is 5.96 Å². The van der Waals surface area contributed by atoms with Gasteiger partial charge in [-0.25, -0.2) is 0 Å². The number of aliphatic imine (C=N–C) groups is 1. The molecule has 0 aromatic heterocycles. The first-order valence-corrected chi connectivity index (χ1v) is 9.07. The van der Waals surface area contributed by atoms with Crippen LogP contribution in [0.3, 0.4) is 0 Å². The van der Waals surface area contributed by atoms with E-state index in [4.69, 9.17) is 0 Å². The van der Waals surface area contributed by atoms with Gasteiger partial charge in [0.25, 0.3) is 0 Å². The van der Waals surface area contributed by atoms with Gasteiger partial charge in [-0.1, -0.05) is 28.1 Å². The van der Waals surface area contributed by atoms with Gasteiger partial charge in [-0.05, 0) is 17.7 Å². The number of halogens is 2. The lowest BCUT2D eigenvalue weighted by molar-refractivity contribution is 0.0152. The summed E-state index contributed by atoms with van der Waals surface area (Å²) in [5, 5.41) is 3.55. The predicted octanol–water partition coefficient (Wildman–Crippen LogP) is 2.07. The van der Waals surface area contributed by atoms with Crippen molar-refractivity contribution in [3.63, 3.8) is 0 Å². The Balaban J connectivity index is 0.00000208. The van der Waals surface area contributed by atoms with E-state index in [9.17, 15) is 0 Å². The zero-order valence-corrected chi connectivity index (χ0v) is 18.3. The number of guanidine groups is 1. The van der Waals surface area contributed by atoms with Gasteiger partial charge in [0.05, 0.1) is 0 Å². The van der Waals surface area contributed by atoms with Crippen molar-refractivity contribution in [2.75, 3.05) is 53.4 Å². The van der Waals surface area contributed by atoms with Crippen LogP contribution in [-0.2, 0) is 6.54 Å². The lowest BCUT2D eigenvalue weighted by Crippen LogP contribution is -2.63. The van der Waals surface area contributed by atoms with E-state index in [0.29, 0.717) is 6.04 Å². The number of benzene rings is 1. The SMILES string of the molecule is CN=C(NCC1CN2CCN1CC2)N(C)Cc1ccc(Br)cc1.I. The molecule has 2 bridgehead atoms. The molecule has 0 radical (unpaired) electrons. The number of piperazine rings is 3. The van der Waals surface area contributed by atoms with Crippen LogP contribution >= 0.6 is 39.9 Å². The normalized spacial score (nSPS) is 26.0. The fourth-order valence-electron chi connectivity index (χ4n) is 3.45. The van der Waals surface area contributed by atoms with Crippen molar-refractivity contribution in [2.24, 2.45) is 4.99 Å². The van der Waals surface area contributed by atoms with E-state index in [1.165, 1.54) is 38.3 Å². The number of hydrogen-bond donors (Lipinski definition) is 1. The van der Waals surface area contributed by atoms with E-state index >= 15 is 0 Å². The highest BCUT2D eigenvalue weighted by Gasteiger charge is 2.31. The summed E-state index contributed by atoms with van der Waals surface area (Å²) < 4.78 is 1.11. The molecule has 3 heterocycles.